The van der Waals surface area contributed by atoms with E-state index >= 15 is 0 Å². The zero-order chi connectivity index (χ0) is 12.3. The first-order valence-corrected chi connectivity index (χ1v) is 5.56. The average molecular weight is 216 g/mol. The van der Waals surface area contributed by atoms with Gasteiger partial charge in [0.05, 0.1) is 11.3 Å². The summed E-state index contributed by atoms with van der Waals surface area (Å²) in [5.74, 6) is 0. The first kappa shape index (κ1) is 12.6. The molecule has 0 aromatic heterocycles. The smallest absolute Gasteiger partial charge is 0.101 e. The van der Waals surface area contributed by atoms with Crippen LogP contribution in [0.25, 0.3) is 0 Å². The Morgan fingerprint density at radius 1 is 1.31 bits per heavy atom. The van der Waals surface area contributed by atoms with Gasteiger partial charge >= 0.3 is 0 Å². The first-order valence-electron chi connectivity index (χ1n) is 5.56. The molecule has 0 atom stereocenters. The van der Waals surface area contributed by atoms with Crippen LogP contribution in [0.5, 0.6) is 0 Å². The van der Waals surface area contributed by atoms with Crippen molar-refractivity contribution >= 4 is 5.69 Å². The van der Waals surface area contributed by atoms with Crippen LogP contribution in [0.3, 0.4) is 0 Å². The van der Waals surface area contributed by atoms with E-state index in [-0.39, 0.29) is 5.41 Å². The highest BCUT2D eigenvalue weighted by Gasteiger charge is 2.17. The summed E-state index contributed by atoms with van der Waals surface area (Å²) in [7, 11) is 2.05. The first-order chi connectivity index (χ1) is 7.35. The van der Waals surface area contributed by atoms with E-state index < -0.39 is 0 Å². The molecule has 0 saturated heterocycles. The SMILES string of the molecule is Cc1cccc(C#N)c1N(C)CC(C)(C)C. The molecule has 16 heavy (non-hydrogen) atoms. The lowest BCUT2D eigenvalue weighted by Gasteiger charge is -2.30. The van der Waals surface area contributed by atoms with Gasteiger partial charge in [-0.3, -0.25) is 0 Å². The average Bonchev–Trinajstić information content (AvgIpc) is 2.14. The van der Waals surface area contributed by atoms with Crippen LogP contribution in [0.4, 0.5) is 5.69 Å². The van der Waals surface area contributed by atoms with Crippen LogP contribution in [-0.2, 0) is 0 Å². The van der Waals surface area contributed by atoms with E-state index in [0.717, 1.165) is 23.4 Å². The topological polar surface area (TPSA) is 27.0 Å². The fraction of sp³-hybridized carbons (Fsp3) is 0.500. The van der Waals surface area contributed by atoms with Crippen LogP contribution in [0.2, 0.25) is 0 Å². The molecule has 0 saturated carbocycles. The van der Waals surface area contributed by atoms with E-state index in [1.807, 2.05) is 12.1 Å². The molecule has 1 aromatic rings. The molecule has 0 heterocycles. The van der Waals surface area contributed by atoms with Crippen molar-refractivity contribution in [1.29, 1.82) is 5.26 Å². The third-order valence-electron chi connectivity index (χ3n) is 2.45. The summed E-state index contributed by atoms with van der Waals surface area (Å²) in [5.41, 5.74) is 3.20. The Kier molecular flexibility index (Phi) is 3.59. The number of anilines is 1. The Bertz CT molecular complexity index is 408. The highest BCUT2D eigenvalue weighted by Crippen LogP contribution is 2.26. The van der Waals surface area contributed by atoms with Crippen molar-refractivity contribution in [3.63, 3.8) is 0 Å². The minimum Gasteiger partial charge on any atom is -0.373 e. The molecule has 1 rings (SSSR count). The quantitative estimate of drug-likeness (QED) is 0.758. The second kappa shape index (κ2) is 4.57. The molecular formula is C14H20N2. The molecule has 2 nitrogen and oxygen atoms in total. The molecule has 0 aliphatic heterocycles. The number of aryl methyl sites for hydroxylation is 1. The molecule has 0 spiro atoms. The summed E-state index contributed by atoms with van der Waals surface area (Å²) >= 11 is 0. The van der Waals surface area contributed by atoms with Gasteiger partial charge in [-0.15, -0.1) is 0 Å². The van der Waals surface area contributed by atoms with E-state index in [9.17, 15) is 0 Å². The van der Waals surface area contributed by atoms with Crippen molar-refractivity contribution in [2.75, 3.05) is 18.5 Å². The molecule has 0 aliphatic carbocycles. The number of para-hydroxylation sites is 1. The summed E-state index contributed by atoms with van der Waals surface area (Å²) in [4.78, 5) is 2.17. The van der Waals surface area contributed by atoms with Gasteiger partial charge in [-0.1, -0.05) is 32.9 Å². The van der Waals surface area contributed by atoms with Gasteiger partial charge in [0.1, 0.15) is 6.07 Å². The van der Waals surface area contributed by atoms with Crippen LogP contribution in [0, 0.1) is 23.7 Å². The van der Waals surface area contributed by atoms with Crippen molar-refractivity contribution in [3.05, 3.63) is 29.3 Å². The van der Waals surface area contributed by atoms with Crippen molar-refractivity contribution in [2.24, 2.45) is 5.41 Å². The lowest BCUT2D eigenvalue weighted by Crippen LogP contribution is -2.30. The van der Waals surface area contributed by atoms with Crippen LogP contribution in [0.15, 0.2) is 18.2 Å². The van der Waals surface area contributed by atoms with Gasteiger partial charge in [0.25, 0.3) is 0 Å². The van der Waals surface area contributed by atoms with Crippen molar-refractivity contribution < 1.29 is 0 Å². The second-order valence-corrected chi connectivity index (χ2v) is 5.50. The summed E-state index contributed by atoms with van der Waals surface area (Å²) < 4.78 is 0. The lowest BCUT2D eigenvalue weighted by atomic mass is 9.95. The van der Waals surface area contributed by atoms with E-state index in [1.54, 1.807) is 0 Å². The van der Waals surface area contributed by atoms with E-state index in [1.165, 1.54) is 0 Å². The highest BCUT2D eigenvalue weighted by atomic mass is 15.1. The second-order valence-electron chi connectivity index (χ2n) is 5.50. The number of hydrogen-bond donors (Lipinski definition) is 0. The third kappa shape index (κ3) is 3.00. The predicted octanol–water partition coefficient (Wildman–Crippen LogP) is 3.35. The summed E-state index contributed by atoms with van der Waals surface area (Å²) in [5, 5.41) is 9.11. The van der Waals surface area contributed by atoms with Crippen LogP contribution in [-0.4, -0.2) is 13.6 Å². The maximum atomic E-state index is 9.11. The molecule has 0 N–H and O–H groups in total. The number of nitrogens with zero attached hydrogens (tertiary/aromatic N) is 2. The summed E-state index contributed by atoms with van der Waals surface area (Å²) in [6.07, 6.45) is 0. The van der Waals surface area contributed by atoms with Crippen LogP contribution in [0.1, 0.15) is 31.9 Å². The minimum absolute atomic E-state index is 0.226. The number of hydrogen-bond acceptors (Lipinski definition) is 2. The summed E-state index contributed by atoms with van der Waals surface area (Å²) in [6, 6.07) is 8.12. The molecule has 86 valence electrons. The monoisotopic (exact) mass is 216 g/mol. The van der Waals surface area contributed by atoms with Gasteiger partial charge in [-0.2, -0.15) is 5.26 Å². The Morgan fingerprint density at radius 2 is 1.94 bits per heavy atom. The fourth-order valence-corrected chi connectivity index (χ4v) is 2.05. The standard InChI is InChI=1S/C14H20N2/c1-11-7-6-8-12(9-15)13(11)16(5)10-14(2,3)4/h6-8H,10H2,1-5H3. The molecule has 0 aliphatic rings. The summed E-state index contributed by atoms with van der Waals surface area (Å²) in [6.45, 7) is 9.59. The Hall–Kier alpha value is -1.49. The molecule has 1 aromatic carbocycles. The van der Waals surface area contributed by atoms with Gasteiger partial charge in [0.2, 0.25) is 0 Å². The van der Waals surface area contributed by atoms with Crippen molar-refractivity contribution in [1.82, 2.24) is 0 Å². The van der Waals surface area contributed by atoms with Gasteiger partial charge in [0.15, 0.2) is 0 Å². The Labute approximate surface area is 98.5 Å². The van der Waals surface area contributed by atoms with Crippen LogP contribution >= 0.6 is 0 Å². The number of benzene rings is 1. The molecule has 0 bridgehead atoms. The molecule has 0 radical (unpaired) electrons. The Balaban J connectivity index is 3.08. The molecule has 0 fully saturated rings. The van der Waals surface area contributed by atoms with E-state index in [4.69, 9.17) is 5.26 Å². The predicted molar refractivity (Wildman–Crippen MR) is 68.6 cm³/mol. The zero-order valence-electron chi connectivity index (χ0n) is 10.8. The largest absolute Gasteiger partial charge is 0.373 e. The molecular weight excluding hydrogens is 196 g/mol. The maximum absolute atomic E-state index is 9.11. The van der Waals surface area contributed by atoms with Gasteiger partial charge in [-0.05, 0) is 24.0 Å². The molecule has 0 unspecified atom stereocenters. The van der Waals surface area contributed by atoms with E-state index in [2.05, 4.69) is 51.8 Å². The van der Waals surface area contributed by atoms with Gasteiger partial charge in [-0.25, -0.2) is 0 Å². The third-order valence-corrected chi connectivity index (χ3v) is 2.45. The zero-order valence-corrected chi connectivity index (χ0v) is 10.8. The lowest BCUT2D eigenvalue weighted by molar-refractivity contribution is 0.418. The molecule has 0 amide bonds. The number of nitriles is 1. The molecule has 2 heteroatoms. The van der Waals surface area contributed by atoms with Crippen molar-refractivity contribution in [2.45, 2.75) is 27.7 Å². The van der Waals surface area contributed by atoms with E-state index in [0.29, 0.717) is 0 Å². The normalized spacial score (nSPS) is 11.0. The Morgan fingerprint density at radius 3 is 2.44 bits per heavy atom. The van der Waals surface area contributed by atoms with Crippen molar-refractivity contribution in [3.8, 4) is 6.07 Å². The van der Waals surface area contributed by atoms with Gasteiger partial charge < -0.3 is 4.90 Å². The number of rotatable bonds is 2. The highest BCUT2D eigenvalue weighted by molar-refractivity contribution is 5.63. The van der Waals surface area contributed by atoms with Gasteiger partial charge in [0, 0.05) is 13.6 Å². The maximum Gasteiger partial charge on any atom is 0.101 e. The van der Waals surface area contributed by atoms with Crippen LogP contribution < -0.4 is 4.90 Å². The minimum atomic E-state index is 0.226. The fourth-order valence-electron chi connectivity index (χ4n) is 2.05.